The van der Waals surface area contributed by atoms with Crippen molar-refractivity contribution in [1.29, 1.82) is 0 Å². The minimum absolute atomic E-state index is 0.696. The van der Waals surface area contributed by atoms with E-state index in [0.717, 1.165) is 0 Å². The Morgan fingerprint density at radius 2 is 2.25 bits per heavy atom. The first kappa shape index (κ1) is 4.03. The van der Waals surface area contributed by atoms with Crippen molar-refractivity contribution < 1.29 is 8.24 Å². The fourth-order valence-corrected chi connectivity index (χ4v) is 0. The normalized spacial score (nSPS) is 5.00. The van der Waals surface area contributed by atoms with Gasteiger partial charge in [-0.2, -0.15) is 0 Å². The molecule has 0 aliphatic carbocycles. The monoisotopic (exact) mass is 87.9 g/mol. The van der Waals surface area contributed by atoms with Gasteiger partial charge in [0, 0.05) is 0 Å². The molecule has 4 heavy (non-hydrogen) atoms. The Balaban J connectivity index is 2.73. The van der Waals surface area contributed by atoms with Crippen molar-refractivity contribution in [3.8, 4) is 0 Å². The Morgan fingerprint density at radius 3 is 2.25 bits per heavy atom. The fraction of sp³-hybridized carbons (Fsp3) is 0. The molecule has 0 aromatic heterocycles. The number of hydrogen-bond acceptors (Lipinski definition) is 1. The smallest absolute Gasteiger partial charge is 0.454 e. The molecule has 0 N–H and O–H groups in total. The Labute approximate surface area is 29.0 Å². The van der Waals surface area contributed by atoms with Crippen LogP contribution in [0.15, 0.2) is 0 Å². The van der Waals surface area contributed by atoms with Crippen molar-refractivity contribution in [2.75, 3.05) is 0 Å². The lowest BCUT2D eigenvalue weighted by atomic mass is 15.8. The average molecular weight is 88.2 g/mol. The van der Waals surface area contributed by atoms with Crippen LogP contribution in [-0.4, -0.2) is 19.8 Å². The lowest BCUT2D eigenvalue weighted by Gasteiger charge is -1.74. The van der Waals surface area contributed by atoms with E-state index in [9.17, 15) is 0 Å². The third kappa shape index (κ3) is 2.03. The molecule has 0 aliphatic heterocycles. The largest absolute Gasteiger partial charge is 0.856 e. The molecule has 4 heteroatoms. The van der Waals surface area contributed by atoms with Gasteiger partial charge in [0.15, 0.2) is 0 Å². The van der Waals surface area contributed by atoms with E-state index in [1.807, 2.05) is 0 Å². The van der Waals surface area contributed by atoms with Gasteiger partial charge < -0.3 is 8.24 Å². The Kier molecular flexibility index (Phi) is 3.06. The van der Waals surface area contributed by atoms with E-state index in [0.29, 0.717) is 0 Å². The molecule has 0 saturated heterocycles. The molecule has 2 nitrogen and oxygen atoms in total. The first-order valence-electron chi connectivity index (χ1n) is 0.612. The van der Waals surface area contributed by atoms with Crippen molar-refractivity contribution in [3.05, 3.63) is 0 Å². The van der Waals surface area contributed by atoms with E-state index >= 15 is 0 Å². The molecule has 0 amide bonds. The van der Waals surface area contributed by atoms with E-state index in [1.165, 1.54) is 0 Å². The fourth-order valence-electron chi connectivity index (χ4n) is 0. The molecule has 1 radical (unpaired) electrons. The highest BCUT2D eigenvalue weighted by atomic mass is 28.2. The maximum absolute atomic E-state index is 9.06. The molecule has 21 valence electrons. The van der Waals surface area contributed by atoms with Crippen LogP contribution in [0.25, 0.3) is 0 Å². The van der Waals surface area contributed by atoms with Gasteiger partial charge in [0.1, 0.15) is 0 Å². The van der Waals surface area contributed by atoms with Crippen LogP contribution in [0, 0.1) is 0 Å². The SMILES string of the molecule is O=[Si-][O+]=[Si-]. The predicted molar refractivity (Wildman–Crippen MR) is 12.9 cm³/mol. The Morgan fingerprint density at radius 1 is 2.00 bits per heavy atom. The van der Waals surface area contributed by atoms with Gasteiger partial charge in [-0.25, -0.2) is 0 Å². The quantitative estimate of drug-likeness (QED) is 0.298. The van der Waals surface area contributed by atoms with Gasteiger partial charge in [-0.1, -0.05) is 0 Å². The summed E-state index contributed by atoms with van der Waals surface area (Å²) < 4.78 is 12.9. The molecule has 0 saturated carbocycles. The summed E-state index contributed by atoms with van der Waals surface area (Å²) in [5, 5.41) is 0. The van der Waals surface area contributed by atoms with E-state index in [-0.39, 0.29) is 0 Å². The third-order valence-electron chi connectivity index (χ3n) is 0.0417. The predicted octanol–water partition coefficient (Wildman–Crippen LogP) is -0.999. The van der Waals surface area contributed by atoms with Gasteiger partial charge >= 0.3 is 9.65 Å². The maximum atomic E-state index is 9.06. The van der Waals surface area contributed by atoms with Crippen LogP contribution in [0.3, 0.4) is 0 Å². The highest BCUT2D eigenvalue weighted by Gasteiger charge is 1.30. The van der Waals surface area contributed by atoms with Crippen LogP contribution < -0.4 is 0 Å². The maximum Gasteiger partial charge on any atom is 0.454 e. The molecular formula is O2Si2-. The summed E-state index contributed by atoms with van der Waals surface area (Å²) in [6, 6.07) is 0. The zero-order valence-corrected chi connectivity index (χ0v) is 3.82. The summed E-state index contributed by atoms with van der Waals surface area (Å²) in [6.45, 7) is 0. The topological polar surface area (TPSA) is 28.4 Å². The summed E-state index contributed by atoms with van der Waals surface area (Å²) in [7, 11) is 1.79. The second kappa shape index (κ2) is 3.03. The summed E-state index contributed by atoms with van der Waals surface area (Å²) in [6.07, 6.45) is 0. The van der Waals surface area contributed by atoms with Crippen molar-refractivity contribution in [3.63, 3.8) is 0 Å². The van der Waals surface area contributed by atoms with Gasteiger partial charge in [-0.05, 0) is 0 Å². The summed E-state index contributed by atoms with van der Waals surface area (Å²) in [5.41, 5.74) is 0. The highest BCUT2D eigenvalue weighted by molar-refractivity contribution is 6.10. The molecular weight excluding hydrogens is 88.2 g/mol. The minimum atomic E-state index is -0.696. The zero-order chi connectivity index (χ0) is 3.41. The third-order valence-corrected chi connectivity index (χ3v) is 0.375. The minimum Gasteiger partial charge on any atom is -0.856 e. The first-order valence-corrected chi connectivity index (χ1v) is 1.84. The summed E-state index contributed by atoms with van der Waals surface area (Å²) >= 11 is 0. The van der Waals surface area contributed by atoms with E-state index < -0.39 is 9.65 Å². The molecule has 0 atom stereocenters. The summed E-state index contributed by atoms with van der Waals surface area (Å²) in [5.74, 6) is 0. The van der Waals surface area contributed by atoms with Crippen molar-refractivity contribution in [1.82, 2.24) is 0 Å². The average Bonchev–Trinajstić information content (AvgIpc) is 1.37. The van der Waals surface area contributed by atoms with Crippen molar-refractivity contribution in [2.24, 2.45) is 0 Å². The lowest BCUT2D eigenvalue weighted by molar-refractivity contribution is 0.342. The van der Waals surface area contributed by atoms with Crippen LogP contribution >= 0.6 is 0 Å². The Bertz CT molecular complexity index is 25.0. The summed E-state index contributed by atoms with van der Waals surface area (Å²) in [4.78, 5) is 0. The van der Waals surface area contributed by atoms with Gasteiger partial charge in [-0.3, -0.25) is 10.1 Å². The molecule has 0 aromatic carbocycles. The molecule has 0 bridgehead atoms. The van der Waals surface area contributed by atoms with E-state index in [2.05, 4.69) is 13.9 Å². The molecule has 0 unspecified atom stereocenters. The van der Waals surface area contributed by atoms with E-state index in [4.69, 9.17) is 4.46 Å². The zero-order valence-electron chi connectivity index (χ0n) is 1.82. The molecule has 0 rings (SSSR count). The van der Waals surface area contributed by atoms with Crippen LogP contribution in [-0.2, 0) is 8.24 Å². The van der Waals surface area contributed by atoms with Crippen LogP contribution in [0.1, 0.15) is 0 Å². The molecule has 0 aliphatic rings. The second-order valence-corrected chi connectivity index (χ2v) is 1.17. The Hall–Kier alpha value is 0.0338. The van der Waals surface area contributed by atoms with Crippen molar-refractivity contribution >= 4 is 19.8 Å². The number of rotatable bonds is 1. The first-order chi connectivity index (χ1) is 1.91. The van der Waals surface area contributed by atoms with Crippen molar-refractivity contribution in [2.45, 2.75) is 0 Å². The van der Waals surface area contributed by atoms with Gasteiger partial charge in [0.2, 0.25) is 0 Å². The number of hydrogen-bond donors (Lipinski definition) is 0. The van der Waals surface area contributed by atoms with Crippen LogP contribution in [0.4, 0.5) is 0 Å². The van der Waals surface area contributed by atoms with Crippen LogP contribution in [0.2, 0.25) is 0 Å². The van der Waals surface area contributed by atoms with Gasteiger partial charge in [-0.15, -0.1) is 0 Å². The van der Waals surface area contributed by atoms with E-state index in [1.54, 1.807) is 0 Å². The second-order valence-electron chi connectivity index (χ2n) is 0.185. The molecule has 0 fully saturated rings. The lowest BCUT2D eigenvalue weighted by Crippen LogP contribution is -1.62. The van der Waals surface area contributed by atoms with Gasteiger partial charge in [0.05, 0.1) is 0 Å². The molecule has 0 spiro atoms. The highest BCUT2D eigenvalue weighted by Crippen LogP contribution is 1.12. The van der Waals surface area contributed by atoms with Gasteiger partial charge in [0.25, 0.3) is 0 Å². The molecule has 0 heterocycles. The molecule has 0 aromatic rings. The van der Waals surface area contributed by atoms with Crippen LogP contribution in [0.5, 0.6) is 0 Å². The standard InChI is InChI=1S/O2Si2/c1-4-2-3/q-1.